The third-order valence-electron chi connectivity index (χ3n) is 6.13. The number of methoxy groups -OCH3 is 1. The molecular weight excluding hydrogens is 355 g/mol. The Morgan fingerprint density at radius 3 is 2.71 bits per heavy atom. The normalized spacial score (nSPS) is 23.4. The van der Waals surface area contributed by atoms with Crippen LogP contribution in [0.25, 0.3) is 0 Å². The first kappa shape index (κ1) is 18.8. The van der Waals surface area contributed by atoms with Gasteiger partial charge in [0, 0.05) is 35.9 Å². The number of anilines is 1. The number of hydrogen-bond donors (Lipinski definition) is 0. The van der Waals surface area contributed by atoms with Gasteiger partial charge in [-0.25, -0.2) is 4.39 Å². The highest BCUT2D eigenvalue weighted by atomic mass is 19.1. The number of amides is 1. The van der Waals surface area contributed by atoms with Crippen molar-refractivity contribution in [3.63, 3.8) is 0 Å². The second-order valence-corrected chi connectivity index (χ2v) is 8.47. The fourth-order valence-corrected chi connectivity index (χ4v) is 5.04. The summed E-state index contributed by atoms with van der Waals surface area (Å²) in [6, 6.07) is 14.5. The Kier molecular flexibility index (Phi) is 4.77. The summed E-state index contributed by atoms with van der Waals surface area (Å²) in [6.07, 6.45) is 1.87. The van der Waals surface area contributed by atoms with Gasteiger partial charge in [0.2, 0.25) is 0 Å². The van der Waals surface area contributed by atoms with Crippen LogP contribution in [0.4, 0.5) is 10.1 Å². The highest BCUT2D eigenvalue weighted by Gasteiger charge is 2.48. The van der Waals surface area contributed by atoms with E-state index in [0.29, 0.717) is 29.8 Å². The highest BCUT2D eigenvalue weighted by Crippen LogP contribution is 2.44. The van der Waals surface area contributed by atoms with Crippen LogP contribution in [0.15, 0.2) is 48.5 Å². The van der Waals surface area contributed by atoms with Crippen molar-refractivity contribution in [3.8, 4) is 5.75 Å². The van der Waals surface area contributed by atoms with Crippen LogP contribution in [0.5, 0.6) is 5.75 Å². The summed E-state index contributed by atoms with van der Waals surface area (Å²) >= 11 is 0. The fraction of sp³-hybridized carbons (Fsp3) is 0.435. The van der Waals surface area contributed by atoms with Crippen molar-refractivity contribution in [1.29, 1.82) is 0 Å². The summed E-state index contributed by atoms with van der Waals surface area (Å²) in [4.78, 5) is 17.3. The predicted molar refractivity (Wildman–Crippen MR) is 108 cm³/mol. The second-order valence-electron chi connectivity index (χ2n) is 8.47. The Bertz CT molecular complexity index is 882. The molecule has 4 rings (SSSR count). The van der Waals surface area contributed by atoms with E-state index < -0.39 is 0 Å². The molecule has 2 aliphatic heterocycles. The average molecular weight is 382 g/mol. The minimum atomic E-state index is -0.206. The maximum atomic E-state index is 13.8. The van der Waals surface area contributed by atoms with Gasteiger partial charge in [0.05, 0.1) is 7.11 Å². The molecule has 148 valence electrons. The van der Waals surface area contributed by atoms with Crippen molar-refractivity contribution < 1.29 is 13.9 Å². The van der Waals surface area contributed by atoms with Gasteiger partial charge in [-0.05, 0) is 69.0 Å². The van der Waals surface area contributed by atoms with Crippen molar-refractivity contribution in [2.45, 2.75) is 38.3 Å². The van der Waals surface area contributed by atoms with Gasteiger partial charge in [-0.2, -0.15) is 0 Å². The molecule has 0 N–H and O–H groups in total. The number of benzene rings is 2. The summed E-state index contributed by atoms with van der Waals surface area (Å²) in [5.41, 5.74) is 1.53. The number of ether oxygens (including phenoxy) is 1. The molecule has 2 saturated heterocycles. The first-order valence-electron chi connectivity index (χ1n) is 9.87. The number of nitrogens with zero attached hydrogens (tertiary/aromatic N) is 2. The molecule has 0 unspecified atom stereocenters. The van der Waals surface area contributed by atoms with E-state index in [1.54, 1.807) is 25.3 Å². The Hall–Kier alpha value is -2.56. The molecule has 0 aromatic heterocycles. The predicted octanol–water partition coefficient (Wildman–Crippen LogP) is 4.35. The number of likely N-dealkylation sites (tertiary alicyclic amines) is 1. The molecule has 0 bridgehead atoms. The molecule has 2 heterocycles. The molecule has 5 heteroatoms. The summed E-state index contributed by atoms with van der Waals surface area (Å²) in [7, 11) is 1.61. The maximum absolute atomic E-state index is 13.8. The molecule has 28 heavy (non-hydrogen) atoms. The quantitative estimate of drug-likeness (QED) is 0.791. The number of hydrogen-bond acceptors (Lipinski definition) is 3. The highest BCUT2D eigenvalue weighted by molar-refractivity contribution is 5.94. The zero-order valence-electron chi connectivity index (χ0n) is 16.7. The molecule has 0 aliphatic carbocycles. The summed E-state index contributed by atoms with van der Waals surface area (Å²) in [6.45, 7) is 5.87. The molecule has 4 nitrogen and oxygen atoms in total. The number of halogens is 1. The van der Waals surface area contributed by atoms with Gasteiger partial charge in [0.1, 0.15) is 11.6 Å². The average Bonchev–Trinajstić information content (AvgIpc) is 2.96. The van der Waals surface area contributed by atoms with E-state index >= 15 is 0 Å². The first-order valence-corrected chi connectivity index (χ1v) is 9.87. The number of rotatable bonds is 3. The van der Waals surface area contributed by atoms with E-state index in [-0.39, 0.29) is 17.3 Å². The summed E-state index contributed by atoms with van der Waals surface area (Å²) < 4.78 is 19.1. The van der Waals surface area contributed by atoms with Crippen molar-refractivity contribution in [2.75, 3.05) is 25.1 Å². The number of fused-ring (bicyclic) bond motifs is 1. The topological polar surface area (TPSA) is 32.8 Å². The first-order chi connectivity index (χ1) is 13.4. The minimum absolute atomic E-state index is 0.0550. The van der Waals surface area contributed by atoms with E-state index in [1.807, 2.05) is 29.2 Å². The van der Waals surface area contributed by atoms with E-state index in [0.717, 1.165) is 25.1 Å². The van der Waals surface area contributed by atoms with Gasteiger partial charge in [-0.3, -0.25) is 4.79 Å². The number of piperidine rings is 1. The van der Waals surface area contributed by atoms with Gasteiger partial charge in [0.25, 0.3) is 5.91 Å². The van der Waals surface area contributed by atoms with Crippen LogP contribution < -0.4 is 9.64 Å². The van der Waals surface area contributed by atoms with Gasteiger partial charge >= 0.3 is 0 Å². The third-order valence-corrected chi connectivity index (χ3v) is 6.13. The van der Waals surface area contributed by atoms with Crippen LogP contribution in [-0.2, 0) is 0 Å². The van der Waals surface area contributed by atoms with E-state index in [2.05, 4.69) is 18.7 Å². The lowest BCUT2D eigenvalue weighted by molar-refractivity contribution is 0.0667. The van der Waals surface area contributed by atoms with Crippen LogP contribution in [0.3, 0.4) is 0 Å². The van der Waals surface area contributed by atoms with Gasteiger partial charge in [0.15, 0.2) is 0 Å². The second kappa shape index (κ2) is 7.12. The van der Waals surface area contributed by atoms with Crippen molar-refractivity contribution >= 4 is 11.6 Å². The molecule has 2 aromatic carbocycles. The largest absolute Gasteiger partial charge is 0.497 e. The molecule has 2 aliphatic rings. The van der Waals surface area contributed by atoms with Crippen molar-refractivity contribution in [1.82, 2.24) is 4.90 Å². The zero-order valence-corrected chi connectivity index (χ0v) is 16.7. The molecule has 2 atom stereocenters. The number of carbonyl (C=O) groups excluding carboxylic acids is 1. The Labute approximate surface area is 165 Å². The van der Waals surface area contributed by atoms with E-state index in [9.17, 15) is 9.18 Å². The summed E-state index contributed by atoms with van der Waals surface area (Å²) in [5.74, 6) is 0.920. The Balaban J connectivity index is 1.54. The third kappa shape index (κ3) is 3.34. The van der Waals surface area contributed by atoms with E-state index in [1.165, 1.54) is 6.07 Å². The number of carbonyl (C=O) groups is 1. The van der Waals surface area contributed by atoms with E-state index in [4.69, 9.17) is 4.74 Å². The molecule has 2 fully saturated rings. The van der Waals surface area contributed by atoms with Crippen molar-refractivity contribution in [3.05, 3.63) is 59.9 Å². The Morgan fingerprint density at radius 1 is 1.18 bits per heavy atom. The maximum Gasteiger partial charge on any atom is 0.253 e. The van der Waals surface area contributed by atoms with Crippen LogP contribution in [0.1, 0.15) is 37.0 Å². The molecule has 0 spiro atoms. The van der Waals surface area contributed by atoms with Crippen molar-refractivity contribution in [2.24, 2.45) is 5.92 Å². The smallest absolute Gasteiger partial charge is 0.253 e. The van der Waals surface area contributed by atoms with Gasteiger partial charge in [-0.1, -0.05) is 12.1 Å². The van der Waals surface area contributed by atoms with Crippen LogP contribution in [0, 0.1) is 11.7 Å². The molecule has 0 saturated carbocycles. The standard InChI is InChI=1S/C23H27FN2O2/c1-23(2)14-17-15-25(22(27)16-6-4-9-20(12-16)28-3)11-10-21(17)26(23)19-8-5-7-18(24)13-19/h4-9,12-13,17,21H,10-11,14-15H2,1-3H3/t17-,21+/m1/s1. The van der Waals surface area contributed by atoms with Gasteiger partial charge in [-0.15, -0.1) is 0 Å². The van der Waals surface area contributed by atoms with Crippen LogP contribution >= 0.6 is 0 Å². The van der Waals surface area contributed by atoms with Crippen LogP contribution in [-0.4, -0.2) is 42.6 Å². The minimum Gasteiger partial charge on any atom is -0.497 e. The summed E-state index contributed by atoms with van der Waals surface area (Å²) in [5, 5.41) is 0. The lowest BCUT2D eigenvalue weighted by Crippen LogP contribution is -2.50. The monoisotopic (exact) mass is 382 g/mol. The Morgan fingerprint density at radius 2 is 1.96 bits per heavy atom. The molecule has 2 aromatic rings. The van der Waals surface area contributed by atoms with Gasteiger partial charge < -0.3 is 14.5 Å². The fourth-order valence-electron chi connectivity index (χ4n) is 5.04. The lowest BCUT2D eigenvalue weighted by Gasteiger charge is -2.42. The van der Waals surface area contributed by atoms with Crippen LogP contribution in [0.2, 0.25) is 0 Å². The molecule has 1 amide bonds. The molecule has 0 radical (unpaired) electrons. The SMILES string of the molecule is COc1cccc(C(=O)N2CC[C@H]3[C@@H](C2)CC(C)(C)N3c2cccc(F)c2)c1. The lowest BCUT2D eigenvalue weighted by atomic mass is 9.89. The molecular formula is C23H27FN2O2. The zero-order chi connectivity index (χ0) is 19.9.